The number of nitrogens with zero attached hydrogens (tertiary/aromatic N) is 3. The predicted octanol–water partition coefficient (Wildman–Crippen LogP) is 2.33. The lowest BCUT2D eigenvalue weighted by Gasteiger charge is -2.35. The van der Waals surface area contributed by atoms with Crippen molar-refractivity contribution in [1.29, 1.82) is 0 Å². The van der Waals surface area contributed by atoms with Gasteiger partial charge in [0.05, 0.1) is 5.92 Å². The van der Waals surface area contributed by atoms with Crippen molar-refractivity contribution in [1.82, 2.24) is 9.80 Å². The fourth-order valence-electron chi connectivity index (χ4n) is 3.87. The van der Waals surface area contributed by atoms with Gasteiger partial charge in [0.15, 0.2) is 0 Å². The van der Waals surface area contributed by atoms with E-state index in [1.165, 1.54) is 5.56 Å². The Morgan fingerprint density at radius 3 is 2.48 bits per heavy atom. The summed E-state index contributed by atoms with van der Waals surface area (Å²) in [6, 6.07) is 8.05. The summed E-state index contributed by atoms with van der Waals surface area (Å²) in [5, 5.41) is 0. The Kier molecular flexibility index (Phi) is 5.42. The van der Waals surface area contributed by atoms with Crippen molar-refractivity contribution in [2.45, 2.75) is 33.1 Å². The number of rotatable bonds is 4. The SMILES string of the molecule is CCN1CCN(C(=O)C2CC(=O)N(c3ccccc3C(C)C)C2)CC1. The largest absolute Gasteiger partial charge is 0.340 e. The van der Waals surface area contributed by atoms with Crippen LogP contribution in [0.15, 0.2) is 24.3 Å². The van der Waals surface area contributed by atoms with E-state index in [1.54, 1.807) is 0 Å². The second kappa shape index (κ2) is 7.56. The number of carbonyl (C=O) groups is 2. The molecule has 0 N–H and O–H groups in total. The third kappa shape index (κ3) is 3.71. The van der Waals surface area contributed by atoms with Gasteiger partial charge in [-0.2, -0.15) is 0 Å². The number of likely N-dealkylation sites (N-methyl/N-ethyl adjacent to an activating group) is 1. The van der Waals surface area contributed by atoms with E-state index in [9.17, 15) is 9.59 Å². The Labute approximate surface area is 150 Å². The maximum absolute atomic E-state index is 12.9. The van der Waals surface area contributed by atoms with Crippen LogP contribution in [0.3, 0.4) is 0 Å². The molecule has 1 aromatic carbocycles. The molecule has 0 radical (unpaired) electrons. The van der Waals surface area contributed by atoms with Crippen LogP contribution in [0.1, 0.15) is 38.7 Å². The van der Waals surface area contributed by atoms with Crippen LogP contribution in [-0.2, 0) is 9.59 Å². The summed E-state index contributed by atoms with van der Waals surface area (Å²) in [5.41, 5.74) is 2.13. The molecule has 0 aliphatic carbocycles. The van der Waals surface area contributed by atoms with Crippen molar-refractivity contribution < 1.29 is 9.59 Å². The second-order valence-electron chi connectivity index (χ2n) is 7.38. The number of carbonyl (C=O) groups excluding carboxylic acids is 2. The number of amides is 2. The lowest BCUT2D eigenvalue weighted by atomic mass is 10.0. The molecular formula is C20H29N3O2. The van der Waals surface area contributed by atoms with Gasteiger partial charge in [0.25, 0.3) is 0 Å². The molecule has 2 aliphatic rings. The molecule has 0 bridgehead atoms. The summed E-state index contributed by atoms with van der Waals surface area (Å²) >= 11 is 0. The van der Waals surface area contributed by atoms with Gasteiger partial charge in [0, 0.05) is 44.8 Å². The van der Waals surface area contributed by atoms with Crippen molar-refractivity contribution >= 4 is 17.5 Å². The van der Waals surface area contributed by atoms with Gasteiger partial charge in [0.1, 0.15) is 0 Å². The highest BCUT2D eigenvalue weighted by Crippen LogP contribution is 2.32. The summed E-state index contributed by atoms with van der Waals surface area (Å²) in [7, 11) is 0. The average molecular weight is 343 g/mol. The normalized spacial score (nSPS) is 22.1. The first-order valence-electron chi connectivity index (χ1n) is 9.41. The molecule has 2 aliphatic heterocycles. The van der Waals surface area contributed by atoms with E-state index in [2.05, 4.69) is 31.7 Å². The van der Waals surface area contributed by atoms with Crippen molar-refractivity contribution in [2.75, 3.05) is 44.2 Å². The molecule has 3 rings (SSSR count). The minimum absolute atomic E-state index is 0.0682. The van der Waals surface area contributed by atoms with E-state index in [-0.39, 0.29) is 17.7 Å². The zero-order chi connectivity index (χ0) is 18.0. The molecule has 2 fully saturated rings. The van der Waals surface area contributed by atoms with Gasteiger partial charge in [-0.15, -0.1) is 0 Å². The molecule has 1 aromatic rings. The molecule has 1 atom stereocenters. The molecule has 0 spiro atoms. The van der Waals surface area contributed by atoms with Crippen molar-refractivity contribution in [3.05, 3.63) is 29.8 Å². The van der Waals surface area contributed by atoms with E-state index in [0.29, 0.717) is 18.9 Å². The zero-order valence-electron chi connectivity index (χ0n) is 15.6. The molecule has 25 heavy (non-hydrogen) atoms. The van der Waals surface area contributed by atoms with E-state index >= 15 is 0 Å². The molecule has 5 nitrogen and oxygen atoms in total. The first kappa shape index (κ1) is 17.9. The fourth-order valence-corrected chi connectivity index (χ4v) is 3.87. The number of para-hydroxylation sites is 1. The number of anilines is 1. The van der Waals surface area contributed by atoms with Crippen LogP contribution in [-0.4, -0.2) is 60.9 Å². The summed E-state index contributed by atoms with van der Waals surface area (Å²) < 4.78 is 0. The highest BCUT2D eigenvalue weighted by atomic mass is 16.2. The second-order valence-corrected chi connectivity index (χ2v) is 7.38. The van der Waals surface area contributed by atoms with Crippen LogP contribution in [0, 0.1) is 5.92 Å². The van der Waals surface area contributed by atoms with Gasteiger partial charge in [-0.1, -0.05) is 39.0 Å². The van der Waals surface area contributed by atoms with Crippen LogP contribution < -0.4 is 4.90 Å². The van der Waals surface area contributed by atoms with Crippen LogP contribution in [0.25, 0.3) is 0 Å². The zero-order valence-corrected chi connectivity index (χ0v) is 15.6. The molecule has 0 aromatic heterocycles. The minimum atomic E-state index is -0.208. The highest BCUT2D eigenvalue weighted by Gasteiger charge is 2.38. The van der Waals surface area contributed by atoms with Gasteiger partial charge in [-0.3, -0.25) is 9.59 Å². The molecule has 1 unspecified atom stereocenters. The predicted molar refractivity (Wildman–Crippen MR) is 99.7 cm³/mol. The number of benzene rings is 1. The monoisotopic (exact) mass is 343 g/mol. The molecule has 136 valence electrons. The Balaban J connectivity index is 1.70. The standard InChI is InChI=1S/C20H29N3O2/c1-4-21-9-11-22(12-10-21)20(25)16-13-19(24)23(14-16)18-8-6-5-7-17(18)15(2)3/h5-8,15-16H,4,9-14H2,1-3H3. The van der Waals surface area contributed by atoms with Crippen molar-refractivity contribution in [2.24, 2.45) is 5.92 Å². The van der Waals surface area contributed by atoms with E-state index in [1.807, 2.05) is 28.0 Å². The van der Waals surface area contributed by atoms with E-state index in [4.69, 9.17) is 0 Å². The van der Waals surface area contributed by atoms with Gasteiger partial charge < -0.3 is 14.7 Å². The maximum Gasteiger partial charge on any atom is 0.228 e. The topological polar surface area (TPSA) is 43.9 Å². The molecule has 5 heteroatoms. The average Bonchev–Trinajstić information content (AvgIpc) is 3.02. The van der Waals surface area contributed by atoms with Crippen LogP contribution >= 0.6 is 0 Å². The first-order valence-corrected chi connectivity index (χ1v) is 9.41. The van der Waals surface area contributed by atoms with Gasteiger partial charge in [0.2, 0.25) is 11.8 Å². The maximum atomic E-state index is 12.9. The molecule has 2 saturated heterocycles. The quantitative estimate of drug-likeness (QED) is 0.843. The van der Waals surface area contributed by atoms with Crippen molar-refractivity contribution in [3.8, 4) is 0 Å². The lowest BCUT2D eigenvalue weighted by molar-refractivity contribution is -0.137. The third-order valence-electron chi connectivity index (χ3n) is 5.46. The van der Waals surface area contributed by atoms with Crippen LogP contribution in [0.2, 0.25) is 0 Å². The van der Waals surface area contributed by atoms with Crippen LogP contribution in [0.5, 0.6) is 0 Å². The molecule has 2 heterocycles. The smallest absolute Gasteiger partial charge is 0.228 e. The van der Waals surface area contributed by atoms with E-state index in [0.717, 1.165) is 38.4 Å². The van der Waals surface area contributed by atoms with E-state index < -0.39 is 0 Å². The summed E-state index contributed by atoms with van der Waals surface area (Å²) in [6.45, 7) is 11.4. The Morgan fingerprint density at radius 2 is 1.84 bits per heavy atom. The Morgan fingerprint density at radius 1 is 1.16 bits per heavy atom. The number of hydrogen-bond donors (Lipinski definition) is 0. The third-order valence-corrected chi connectivity index (χ3v) is 5.46. The number of hydrogen-bond acceptors (Lipinski definition) is 3. The minimum Gasteiger partial charge on any atom is -0.340 e. The van der Waals surface area contributed by atoms with Gasteiger partial charge >= 0.3 is 0 Å². The first-order chi connectivity index (χ1) is 12.0. The molecular weight excluding hydrogens is 314 g/mol. The lowest BCUT2D eigenvalue weighted by Crippen LogP contribution is -2.50. The van der Waals surface area contributed by atoms with Gasteiger partial charge in [-0.05, 0) is 24.1 Å². The molecule has 2 amide bonds. The summed E-state index contributed by atoms with van der Waals surface area (Å²) in [6.07, 6.45) is 0.333. The Bertz CT molecular complexity index is 636. The van der Waals surface area contributed by atoms with Crippen LogP contribution in [0.4, 0.5) is 5.69 Å². The Hall–Kier alpha value is -1.88. The molecule has 0 saturated carbocycles. The van der Waals surface area contributed by atoms with Gasteiger partial charge in [-0.25, -0.2) is 0 Å². The highest BCUT2D eigenvalue weighted by molar-refractivity contribution is 6.00. The summed E-state index contributed by atoms with van der Waals surface area (Å²) in [4.78, 5) is 31.6. The fraction of sp³-hybridized carbons (Fsp3) is 0.600. The summed E-state index contributed by atoms with van der Waals surface area (Å²) in [5.74, 6) is 0.356. The van der Waals surface area contributed by atoms with Crippen molar-refractivity contribution in [3.63, 3.8) is 0 Å². The number of piperazine rings is 1.